The third-order valence-electron chi connectivity index (χ3n) is 7.15. The molecule has 5 rings (SSSR count). The number of fused-ring (bicyclic) bond motifs is 3. The van der Waals surface area contributed by atoms with Gasteiger partial charge in [0, 0.05) is 31.3 Å². The molecule has 0 aliphatic carbocycles. The molecular weight excluding hydrogens is 546 g/mol. The summed E-state index contributed by atoms with van der Waals surface area (Å²) in [5.41, 5.74) is 15.0. The van der Waals surface area contributed by atoms with Crippen LogP contribution in [0, 0.1) is 20.8 Å². The molecule has 0 bridgehead atoms. The number of hydrazine groups is 2. The fourth-order valence-electron chi connectivity index (χ4n) is 5.33. The van der Waals surface area contributed by atoms with Crippen molar-refractivity contribution in [2.75, 3.05) is 20.3 Å². The Bertz CT molecular complexity index is 1670. The van der Waals surface area contributed by atoms with E-state index in [0.29, 0.717) is 36.6 Å². The predicted octanol–water partition coefficient (Wildman–Crippen LogP) is 2.57. The molecule has 216 valence electrons. The van der Waals surface area contributed by atoms with Crippen molar-refractivity contribution in [1.29, 1.82) is 0 Å². The number of aromatic nitrogens is 2. The molecule has 0 saturated heterocycles. The lowest BCUT2D eigenvalue weighted by Crippen LogP contribution is -2.44. The van der Waals surface area contributed by atoms with Gasteiger partial charge in [-0.1, -0.05) is 29.3 Å². The summed E-state index contributed by atoms with van der Waals surface area (Å²) in [6.07, 6.45) is 0.661. The maximum atomic E-state index is 14.0. The lowest BCUT2D eigenvalue weighted by atomic mass is 9.97. The van der Waals surface area contributed by atoms with Crippen LogP contribution < -0.4 is 42.4 Å². The Labute approximate surface area is 242 Å². The standard InChI is InChI=1S/C29H34ClN7O4/c1-6-41-23-13-19-7-9-36-21(20(19)14-22(23)40-5)15-24(32-25-17(3)11-16(2)12-18(25)4)37(29(36)39)10-8-31-28(38)26-27(30)34-35-33-26/h11-15,33-35H,6-10H2,1-5H3,(H,31,38). The average molecular weight is 580 g/mol. The second-order valence-electron chi connectivity index (χ2n) is 10.00. The van der Waals surface area contributed by atoms with Gasteiger partial charge in [0.1, 0.15) is 10.6 Å². The van der Waals surface area contributed by atoms with Crippen LogP contribution in [0.2, 0.25) is 0 Å². The van der Waals surface area contributed by atoms with Gasteiger partial charge in [-0.05, 0) is 62.9 Å². The molecule has 2 aliphatic rings. The largest absolute Gasteiger partial charge is 0.493 e. The second kappa shape index (κ2) is 11.7. The van der Waals surface area contributed by atoms with E-state index < -0.39 is 5.91 Å². The molecular formula is C29H34ClN7O4. The molecule has 0 fully saturated rings. The number of ether oxygens (including phenoxy) is 2. The first kappa shape index (κ1) is 28.3. The highest BCUT2D eigenvalue weighted by atomic mass is 35.5. The molecule has 2 aliphatic heterocycles. The number of carbonyl (C=O) groups excluding carboxylic acids is 1. The molecule has 1 aromatic heterocycles. The maximum absolute atomic E-state index is 14.0. The molecule has 0 radical (unpaired) electrons. The SMILES string of the molecule is CCOc1cc2c(cc1OC)-c1cc(=Nc3c(C)cc(C)cc3C)n(CCNC(=O)C3=C(Cl)NNN3)c(=O)n1CC2. The Morgan fingerprint density at radius 3 is 2.51 bits per heavy atom. The molecule has 3 aromatic rings. The van der Waals surface area contributed by atoms with Crippen LogP contribution in [0.25, 0.3) is 11.3 Å². The molecule has 0 unspecified atom stereocenters. The molecule has 12 heteroatoms. The maximum Gasteiger partial charge on any atom is 0.330 e. The van der Waals surface area contributed by atoms with Crippen LogP contribution in [-0.4, -0.2) is 35.3 Å². The van der Waals surface area contributed by atoms with Crippen LogP contribution in [0.3, 0.4) is 0 Å². The third kappa shape index (κ3) is 5.55. The molecule has 41 heavy (non-hydrogen) atoms. The number of halogens is 1. The van der Waals surface area contributed by atoms with E-state index in [1.54, 1.807) is 16.2 Å². The quantitative estimate of drug-likeness (QED) is 0.303. The Balaban J connectivity index is 1.62. The van der Waals surface area contributed by atoms with Crippen molar-refractivity contribution >= 4 is 23.2 Å². The Kier molecular flexibility index (Phi) is 8.09. The van der Waals surface area contributed by atoms with Crippen molar-refractivity contribution in [3.05, 3.63) is 79.4 Å². The van der Waals surface area contributed by atoms with Crippen LogP contribution in [0.1, 0.15) is 29.2 Å². The van der Waals surface area contributed by atoms with E-state index in [2.05, 4.69) is 33.8 Å². The van der Waals surface area contributed by atoms with Crippen molar-refractivity contribution in [1.82, 2.24) is 30.8 Å². The summed E-state index contributed by atoms with van der Waals surface area (Å²) in [6.45, 7) is 9.41. The number of aryl methyl sites for hydroxylation is 4. The van der Waals surface area contributed by atoms with E-state index in [-0.39, 0.29) is 29.6 Å². The second-order valence-corrected chi connectivity index (χ2v) is 10.4. The highest BCUT2D eigenvalue weighted by Crippen LogP contribution is 2.37. The molecule has 4 N–H and O–H groups in total. The summed E-state index contributed by atoms with van der Waals surface area (Å²) in [5.74, 6) is 0.882. The van der Waals surface area contributed by atoms with Gasteiger partial charge in [0.25, 0.3) is 5.91 Å². The minimum absolute atomic E-state index is 0.159. The average Bonchev–Trinajstić information content (AvgIpc) is 3.37. The van der Waals surface area contributed by atoms with E-state index in [1.807, 2.05) is 45.9 Å². The highest BCUT2D eigenvalue weighted by molar-refractivity contribution is 6.31. The van der Waals surface area contributed by atoms with E-state index >= 15 is 0 Å². The van der Waals surface area contributed by atoms with Gasteiger partial charge in [0.05, 0.1) is 25.1 Å². The zero-order valence-electron chi connectivity index (χ0n) is 23.8. The molecule has 3 heterocycles. The van der Waals surface area contributed by atoms with Crippen molar-refractivity contribution < 1.29 is 14.3 Å². The van der Waals surface area contributed by atoms with Crippen molar-refractivity contribution in [2.45, 2.75) is 47.2 Å². The number of benzene rings is 2. The molecule has 11 nitrogen and oxygen atoms in total. The van der Waals surface area contributed by atoms with E-state index in [0.717, 1.165) is 39.2 Å². The Morgan fingerprint density at radius 2 is 1.85 bits per heavy atom. The molecule has 0 saturated carbocycles. The fourth-order valence-corrected chi connectivity index (χ4v) is 5.51. The summed E-state index contributed by atoms with van der Waals surface area (Å²) in [7, 11) is 1.60. The first-order valence-corrected chi connectivity index (χ1v) is 13.9. The van der Waals surface area contributed by atoms with Gasteiger partial charge in [-0.2, -0.15) is 0 Å². The molecule has 0 atom stereocenters. The number of nitrogens with zero attached hydrogens (tertiary/aromatic N) is 3. The van der Waals surface area contributed by atoms with Gasteiger partial charge in [0.2, 0.25) is 0 Å². The Morgan fingerprint density at radius 1 is 1.10 bits per heavy atom. The first-order valence-electron chi connectivity index (χ1n) is 13.5. The third-order valence-corrected chi connectivity index (χ3v) is 7.44. The number of hydrogen-bond donors (Lipinski definition) is 4. The zero-order chi connectivity index (χ0) is 29.3. The number of rotatable bonds is 8. The minimum Gasteiger partial charge on any atom is -0.493 e. The monoisotopic (exact) mass is 579 g/mol. The predicted molar refractivity (Wildman–Crippen MR) is 157 cm³/mol. The van der Waals surface area contributed by atoms with Crippen LogP contribution in [0.5, 0.6) is 11.5 Å². The van der Waals surface area contributed by atoms with Gasteiger partial charge in [0.15, 0.2) is 17.2 Å². The van der Waals surface area contributed by atoms with Crippen molar-refractivity contribution in [3.8, 4) is 22.8 Å². The van der Waals surface area contributed by atoms with Gasteiger partial charge < -0.3 is 14.8 Å². The molecule has 1 amide bonds. The van der Waals surface area contributed by atoms with Gasteiger partial charge >= 0.3 is 5.69 Å². The lowest BCUT2D eigenvalue weighted by molar-refractivity contribution is -0.117. The van der Waals surface area contributed by atoms with E-state index in [9.17, 15) is 9.59 Å². The topological polar surface area (TPSA) is 123 Å². The van der Waals surface area contributed by atoms with Gasteiger partial charge in [-0.25, -0.2) is 9.79 Å². The summed E-state index contributed by atoms with van der Waals surface area (Å²) >= 11 is 6.01. The summed E-state index contributed by atoms with van der Waals surface area (Å²) in [4.78, 5) is 31.6. The number of hydrogen-bond acceptors (Lipinski definition) is 8. The summed E-state index contributed by atoms with van der Waals surface area (Å²) in [6, 6.07) is 10.0. The zero-order valence-corrected chi connectivity index (χ0v) is 24.5. The van der Waals surface area contributed by atoms with Crippen LogP contribution in [-0.2, 0) is 24.3 Å². The number of amides is 1. The van der Waals surface area contributed by atoms with E-state index in [1.165, 1.54) is 0 Å². The lowest BCUT2D eigenvalue weighted by Gasteiger charge is -2.25. The summed E-state index contributed by atoms with van der Waals surface area (Å²) in [5, 5.41) is 2.98. The summed E-state index contributed by atoms with van der Waals surface area (Å²) < 4.78 is 14.8. The molecule has 0 spiro atoms. The molecule has 2 aromatic carbocycles. The van der Waals surface area contributed by atoms with Gasteiger partial charge in [-0.15, -0.1) is 5.53 Å². The van der Waals surface area contributed by atoms with Gasteiger partial charge in [-0.3, -0.25) is 24.8 Å². The Hall–Kier alpha value is -4.22. The minimum atomic E-state index is -0.402. The highest BCUT2D eigenvalue weighted by Gasteiger charge is 2.23. The van der Waals surface area contributed by atoms with Crippen LogP contribution >= 0.6 is 11.6 Å². The van der Waals surface area contributed by atoms with Crippen molar-refractivity contribution in [2.24, 2.45) is 4.99 Å². The number of carbonyl (C=O) groups is 1. The van der Waals surface area contributed by atoms with Crippen LogP contribution in [0.15, 0.2) is 51.0 Å². The van der Waals surface area contributed by atoms with Crippen LogP contribution in [0.4, 0.5) is 5.69 Å². The smallest absolute Gasteiger partial charge is 0.330 e. The normalized spacial score (nSPS) is 14.2. The van der Waals surface area contributed by atoms with Crippen molar-refractivity contribution in [3.63, 3.8) is 0 Å². The fraction of sp³-hybridized carbons (Fsp3) is 0.345. The number of methoxy groups -OCH3 is 1. The van der Waals surface area contributed by atoms with E-state index in [4.69, 9.17) is 26.1 Å². The first-order chi connectivity index (χ1) is 19.7. The number of nitrogens with one attached hydrogen (secondary N) is 4.